The molecule has 1 N–H and O–H groups in total. The van der Waals surface area contributed by atoms with Crippen LogP contribution in [0, 0.1) is 0 Å². The molecule has 0 aliphatic rings. The Kier molecular flexibility index (Phi) is 4.74. The fourth-order valence-corrected chi connectivity index (χ4v) is 3.11. The highest BCUT2D eigenvalue weighted by atomic mass is 35.5. The van der Waals surface area contributed by atoms with Crippen molar-refractivity contribution < 1.29 is 13.2 Å². The van der Waals surface area contributed by atoms with Crippen LogP contribution in [0.5, 0.6) is 5.75 Å². The molecule has 0 spiro atoms. The number of nitrogens with one attached hydrogen (secondary N) is 1. The molecular weight excluding hydrogens is 314 g/mol. The molecule has 2 aromatic rings. The van der Waals surface area contributed by atoms with Crippen molar-refractivity contribution in [2.75, 3.05) is 11.3 Å². The number of hydrogen-bond acceptors (Lipinski definition) is 4. The number of aromatic nitrogens is 2. The molecule has 0 bridgehead atoms. The highest BCUT2D eigenvalue weighted by Crippen LogP contribution is 2.23. The van der Waals surface area contributed by atoms with Crippen LogP contribution in [-0.4, -0.2) is 24.6 Å². The van der Waals surface area contributed by atoms with Gasteiger partial charge in [-0.15, -0.1) is 0 Å². The molecule has 6 nitrogen and oxygen atoms in total. The number of benzene rings is 1. The number of halogens is 1. The van der Waals surface area contributed by atoms with Gasteiger partial charge in [-0.25, -0.2) is 4.98 Å². The van der Waals surface area contributed by atoms with Gasteiger partial charge in [0.25, 0.3) is 10.0 Å². The first-order valence-corrected chi connectivity index (χ1v) is 8.22. The minimum atomic E-state index is -3.81. The number of imidazole rings is 1. The van der Waals surface area contributed by atoms with Gasteiger partial charge in [0.2, 0.25) is 5.03 Å². The summed E-state index contributed by atoms with van der Waals surface area (Å²) in [6.07, 6.45) is 2.26. The lowest BCUT2D eigenvalue weighted by Crippen LogP contribution is -2.14. The summed E-state index contributed by atoms with van der Waals surface area (Å²) in [5, 5.41) is -0.136. The van der Waals surface area contributed by atoms with Crippen LogP contribution in [0.15, 0.2) is 35.6 Å². The Bertz CT molecular complexity index is 711. The Labute approximate surface area is 128 Å². The maximum Gasteiger partial charge on any atom is 0.282 e. The van der Waals surface area contributed by atoms with Gasteiger partial charge in [-0.2, -0.15) is 8.42 Å². The van der Waals surface area contributed by atoms with E-state index in [4.69, 9.17) is 16.3 Å². The molecule has 0 radical (unpaired) electrons. The van der Waals surface area contributed by atoms with E-state index in [1.165, 1.54) is 10.9 Å². The minimum Gasteiger partial charge on any atom is -0.494 e. The molecule has 0 amide bonds. The SMILES string of the molecule is CCCOc1ccc(NS(=O)(=O)c2ncn(C)c2Cl)cc1. The molecule has 21 heavy (non-hydrogen) atoms. The van der Waals surface area contributed by atoms with Gasteiger partial charge in [0.1, 0.15) is 10.9 Å². The van der Waals surface area contributed by atoms with Gasteiger partial charge in [0, 0.05) is 12.7 Å². The number of sulfonamides is 1. The molecule has 114 valence electrons. The second kappa shape index (κ2) is 6.36. The number of hydrogen-bond donors (Lipinski definition) is 1. The Morgan fingerprint density at radius 1 is 1.33 bits per heavy atom. The molecule has 8 heteroatoms. The number of aryl methyl sites for hydroxylation is 1. The predicted molar refractivity (Wildman–Crippen MR) is 81.3 cm³/mol. The Morgan fingerprint density at radius 2 is 2.00 bits per heavy atom. The lowest BCUT2D eigenvalue weighted by Gasteiger charge is -2.08. The Morgan fingerprint density at radius 3 is 2.52 bits per heavy atom. The van der Waals surface area contributed by atoms with Crippen molar-refractivity contribution in [2.45, 2.75) is 18.4 Å². The molecule has 1 heterocycles. The summed E-state index contributed by atoms with van der Waals surface area (Å²) in [5.41, 5.74) is 0.417. The number of ether oxygens (including phenoxy) is 1. The van der Waals surface area contributed by atoms with E-state index in [1.54, 1.807) is 31.3 Å². The van der Waals surface area contributed by atoms with Crippen molar-refractivity contribution in [1.82, 2.24) is 9.55 Å². The Hall–Kier alpha value is -1.73. The zero-order valence-electron chi connectivity index (χ0n) is 11.7. The van der Waals surface area contributed by atoms with Crippen molar-refractivity contribution in [2.24, 2.45) is 7.05 Å². The quantitative estimate of drug-likeness (QED) is 0.884. The second-order valence-corrected chi connectivity index (χ2v) is 6.39. The maximum atomic E-state index is 12.2. The van der Waals surface area contributed by atoms with E-state index in [2.05, 4.69) is 9.71 Å². The summed E-state index contributed by atoms with van der Waals surface area (Å²) in [6.45, 7) is 2.63. The zero-order valence-corrected chi connectivity index (χ0v) is 13.3. The van der Waals surface area contributed by atoms with Crippen molar-refractivity contribution in [1.29, 1.82) is 0 Å². The molecule has 0 fully saturated rings. The van der Waals surface area contributed by atoms with Crippen LogP contribution >= 0.6 is 11.6 Å². The van der Waals surface area contributed by atoms with E-state index in [0.29, 0.717) is 18.0 Å². The van der Waals surface area contributed by atoms with Crippen molar-refractivity contribution in [3.63, 3.8) is 0 Å². The van der Waals surface area contributed by atoms with Gasteiger partial charge in [-0.1, -0.05) is 18.5 Å². The van der Waals surface area contributed by atoms with Gasteiger partial charge in [0.05, 0.1) is 12.9 Å². The molecule has 0 aliphatic carbocycles. The first-order valence-electron chi connectivity index (χ1n) is 6.36. The fraction of sp³-hybridized carbons (Fsp3) is 0.308. The maximum absolute atomic E-state index is 12.2. The molecule has 0 atom stereocenters. The summed E-state index contributed by atoms with van der Waals surface area (Å²) in [4.78, 5) is 3.80. The standard InChI is InChI=1S/C13H16ClN3O3S/c1-3-8-20-11-6-4-10(5-7-11)16-21(18,19)13-12(14)17(2)9-15-13/h4-7,9,16H,3,8H2,1-2H3. The third-order valence-corrected chi connectivity index (χ3v) is 4.54. The molecule has 0 saturated heterocycles. The first kappa shape index (κ1) is 15.7. The summed E-state index contributed by atoms with van der Waals surface area (Å²) < 4.78 is 33.7. The van der Waals surface area contributed by atoms with E-state index in [9.17, 15) is 8.42 Å². The lowest BCUT2D eigenvalue weighted by atomic mass is 10.3. The smallest absolute Gasteiger partial charge is 0.282 e. The third kappa shape index (κ3) is 3.68. The average molecular weight is 330 g/mol. The molecule has 0 unspecified atom stereocenters. The van der Waals surface area contributed by atoms with Crippen LogP contribution < -0.4 is 9.46 Å². The normalized spacial score (nSPS) is 11.4. The predicted octanol–water partition coefficient (Wildman–Crippen LogP) is 2.66. The molecule has 1 aromatic carbocycles. The fourth-order valence-electron chi connectivity index (χ4n) is 1.62. The van der Waals surface area contributed by atoms with Crippen LogP contribution in [0.2, 0.25) is 5.15 Å². The molecular formula is C13H16ClN3O3S. The van der Waals surface area contributed by atoms with E-state index in [0.717, 1.165) is 6.42 Å². The minimum absolute atomic E-state index is 0.0606. The summed E-state index contributed by atoms with van der Waals surface area (Å²) in [5.74, 6) is 0.690. The first-order chi connectivity index (χ1) is 9.94. The second-order valence-electron chi connectivity index (χ2n) is 4.43. The van der Waals surface area contributed by atoms with Crippen LogP contribution in [0.1, 0.15) is 13.3 Å². The van der Waals surface area contributed by atoms with Crippen molar-refractivity contribution in [3.05, 3.63) is 35.7 Å². The highest BCUT2D eigenvalue weighted by Gasteiger charge is 2.22. The zero-order chi connectivity index (χ0) is 15.5. The van der Waals surface area contributed by atoms with Crippen molar-refractivity contribution in [3.8, 4) is 5.75 Å². The molecule has 2 rings (SSSR count). The van der Waals surface area contributed by atoms with E-state index >= 15 is 0 Å². The molecule has 1 aromatic heterocycles. The number of anilines is 1. The molecule has 0 aliphatic heterocycles. The third-order valence-electron chi connectivity index (χ3n) is 2.67. The van der Waals surface area contributed by atoms with Crippen molar-refractivity contribution >= 4 is 27.3 Å². The van der Waals surface area contributed by atoms with Gasteiger partial charge >= 0.3 is 0 Å². The largest absolute Gasteiger partial charge is 0.494 e. The summed E-state index contributed by atoms with van der Waals surface area (Å²) in [7, 11) is -2.19. The van der Waals surface area contributed by atoms with Gasteiger partial charge < -0.3 is 9.30 Å². The molecule has 0 saturated carbocycles. The summed E-state index contributed by atoms with van der Waals surface area (Å²) >= 11 is 5.90. The lowest BCUT2D eigenvalue weighted by molar-refractivity contribution is 0.317. The van der Waals surface area contributed by atoms with Gasteiger partial charge in [-0.05, 0) is 30.7 Å². The Balaban J connectivity index is 2.15. The van der Waals surface area contributed by atoms with Gasteiger partial charge in [-0.3, -0.25) is 4.72 Å². The van der Waals surface area contributed by atoms with E-state index in [-0.39, 0.29) is 10.2 Å². The van der Waals surface area contributed by atoms with E-state index < -0.39 is 10.0 Å². The van der Waals surface area contributed by atoms with E-state index in [1.807, 2.05) is 6.92 Å². The monoisotopic (exact) mass is 329 g/mol. The summed E-state index contributed by atoms with van der Waals surface area (Å²) in [6, 6.07) is 6.65. The van der Waals surface area contributed by atoms with Crippen LogP contribution in [0.4, 0.5) is 5.69 Å². The number of rotatable bonds is 6. The average Bonchev–Trinajstić information content (AvgIpc) is 2.78. The number of nitrogens with zero attached hydrogens (tertiary/aromatic N) is 2. The highest BCUT2D eigenvalue weighted by molar-refractivity contribution is 7.92. The van der Waals surface area contributed by atoms with Gasteiger partial charge in [0.15, 0.2) is 0 Å². The van der Waals surface area contributed by atoms with Crippen LogP contribution in [0.25, 0.3) is 0 Å². The van der Waals surface area contributed by atoms with Crippen LogP contribution in [0.3, 0.4) is 0 Å². The van der Waals surface area contributed by atoms with Crippen LogP contribution in [-0.2, 0) is 17.1 Å². The topological polar surface area (TPSA) is 73.2 Å².